The molecule has 0 unspecified atom stereocenters. The van der Waals surface area contributed by atoms with Crippen molar-refractivity contribution in [2.24, 2.45) is 0 Å². The number of piperidine rings is 1. The van der Waals surface area contributed by atoms with Crippen molar-refractivity contribution < 1.29 is 18.7 Å². The predicted octanol–water partition coefficient (Wildman–Crippen LogP) is 3.03. The zero-order valence-corrected chi connectivity index (χ0v) is 18.8. The van der Waals surface area contributed by atoms with E-state index < -0.39 is 0 Å². The predicted molar refractivity (Wildman–Crippen MR) is 123 cm³/mol. The molecule has 2 fully saturated rings. The normalized spacial score (nSPS) is 17.1. The molecule has 0 aliphatic carbocycles. The summed E-state index contributed by atoms with van der Waals surface area (Å²) >= 11 is 0. The molecule has 0 atom stereocenters. The molecule has 2 aliphatic heterocycles. The van der Waals surface area contributed by atoms with Crippen LogP contribution in [0.5, 0.6) is 0 Å². The van der Waals surface area contributed by atoms with Gasteiger partial charge >= 0.3 is 0 Å². The van der Waals surface area contributed by atoms with Gasteiger partial charge in [-0.2, -0.15) is 0 Å². The molecule has 0 bridgehead atoms. The van der Waals surface area contributed by atoms with Crippen LogP contribution in [-0.2, 0) is 4.74 Å². The summed E-state index contributed by atoms with van der Waals surface area (Å²) in [5, 5.41) is 8.26. The lowest BCUT2D eigenvalue weighted by molar-refractivity contribution is 0.0299. The van der Waals surface area contributed by atoms with Crippen molar-refractivity contribution in [3.63, 3.8) is 0 Å². The third-order valence-corrected chi connectivity index (χ3v) is 6.47. The first-order valence-corrected chi connectivity index (χ1v) is 11.5. The monoisotopic (exact) mass is 463 g/mol. The lowest BCUT2D eigenvalue weighted by Crippen LogP contribution is -2.40. The topological polar surface area (TPSA) is 80.6 Å². The third kappa shape index (κ3) is 4.56. The highest BCUT2D eigenvalue weighted by Crippen LogP contribution is 2.26. The number of likely N-dealkylation sites (tertiary alicyclic amines) is 1. The highest BCUT2D eigenvalue weighted by Gasteiger charge is 2.27. The Labute approximate surface area is 196 Å². The van der Waals surface area contributed by atoms with Crippen LogP contribution < -0.4 is 0 Å². The maximum Gasteiger partial charge on any atom is 0.276 e. The van der Waals surface area contributed by atoms with E-state index in [4.69, 9.17) is 4.74 Å². The standard InChI is InChI=1S/C25H26FN5O3/c26-22-4-2-1-3-21(22)18-5-7-19(8-6-18)24(32)29-11-9-20(10-12-29)31-17-23(27-28-31)25(33)30-13-15-34-16-14-30/h1-8,17,20H,9-16H2. The molecular formula is C25H26FN5O3. The second-order valence-corrected chi connectivity index (χ2v) is 8.57. The minimum atomic E-state index is -0.286. The number of carbonyl (C=O) groups is 2. The number of amides is 2. The number of morpholine rings is 1. The first kappa shape index (κ1) is 22.2. The maximum absolute atomic E-state index is 14.0. The average molecular weight is 464 g/mol. The van der Waals surface area contributed by atoms with Crippen LogP contribution in [0, 0.1) is 5.82 Å². The number of hydrogen-bond acceptors (Lipinski definition) is 5. The van der Waals surface area contributed by atoms with Crippen LogP contribution in [0.2, 0.25) is 0 Å². The van der Waals surface area contributed by atoms with E-state index in [0.29, 0.717) is 56.2 Å². The molecule has 2 saturated heterocycles. The summed E-state index contributed by atoms with van der Waals surface area (Å²) in [4.78, 5) is 29.1. The zero-order valence-electron chi connectivity index (χ0n) is 18.8. The summed E-state index contributed by atoms with van der Waals surface area (Å²) in [5.41, 5.74) is 2.18. The van der Waals surface area contributed by atoms with E-state index in [0.717, 1.165) is 18.4 Å². The number of rotatable bonds is 4. The average Bonchev–Trinajstić information content (AvgIpc) is 3.39. The fourth-order valence-corrected chi connectivity index (χ4v) is 4.49. The van der Waals surface area contributed by atoms with E-state index in [-0.39, 0.29) is 23.7 Å². The van der Waals surface area contributed by atoms with Crippen LogP contribution in [0.15, 0.2) is 54.7 Å². The molecule has 0 N–H and O–H groups in total. The van der Waals surface area contributed by atoms with Crippen molar-refractivity contribution in [3.8, 4) is 11.1 Å². The maximum atomic E-state index is 14.0. The quantitative estimate of drug-likeness (QED) is 0.594. The van der Waals surface area contributed by atoms with E-state index in [1.807, 2.05) is 4.90 Å². The zero-order chi connectivity index (χ0) is 23.5. The Hall–Kier alpha value is -3.59. The Kier molecular flexibility index (Phi) is 6.35. The number of aromatic nitrogens is 3. The highest BCUT2D eigenvalue weighted by molar-refractivity contribution is 5.95. The lowest BCUT2D eigenvalue weighted by atomic mass is 10.0. The van der Waals surface area contributed by atoms with Crippen LogP contribution in [0.1, 0.15) is 39.7 Å². The molecule has 2 aliphatic rings. The number of ether oxygens (including phenoxy) is 1. The molecule has 2 aromatic carbocycles. The molecule has 0 saturated carbocycles. The number of halogens is 1. The molecule has 5 rings (SSSR count). The largest absolute Gasteiger partial charge is 0.378 e. The lowest BCUT2D eigenvalue weighted by Gasteiger charge is -2.32. The molecule has 8 nitrogen and oxygen atoms in total. The Bertz CT molecular complexity index is 1170. The minimum absolute atomic E-state index is 0.0414. The van der Waals surface area contributed by atoms with Crippen LogP contribution >= 0.6 is 0 Å². The van der Waals surface area contributed by atoms with Gasteiger partial charge in [-0.3, -0.25) is 9.59 Å². The first-order valence-electron chi connectivity index (χ1n) is 11.5. The van der Waals surface area contributed by atoms with Crippen molar-refractivity contribution in [2.45, 2.75) is 18.9 Å². The van der Waals surface area contributed by atoms with Crippen molar-refractivity contribution in [1.29, 1.82) is 0 Å². The van der Waals surface area contributed by atoms with Crippen molar-refractivity contribution in [1.82, 2.24) is 24.8 Å². The number of nitrogens with zero attached hydrogens (tertiary/aromatic N) is 5. The van der Waals surface area contributed by atoms with E-state index in [9.17, 15) is 14.0 Å². The van der Waals surface area contributed by atoms with Gasteiger partial charge in [0.05, 0.1) is 25.5 Å². The summed E-state index contributed by atoms with van der Waals surface area (Å²) < 4.78 is 21.1. The van der Waals surface area contributed by atoms with Gasteiger partial charge < -0.3 is 14.5 Å². The Morgan fingerprint density at radius 1 is 0.882 bits per heavy atom. The van der Waals surface area contributed by atoms with Gasteiger partial charge in [-0.05, 0) is 36.6 Å². The van der Waals surface area contributed by atoms with Gasteiger partial charge in [0.25, 0.3) is 11.8 Å². The van der Waals surface area contributed by atoms with Crippen LogP contribution in [0.25, 0.3) is 11.1 Å². The molecule has 0 radical (unpaired) electrons. The van der Waals surface area contributed by atoms with Gasteiger partial charge in [-0.15, -0.1) is 5.10 Å². The SMILES string of the molecule is O=C(c1ccc(-c2ccccc2F)cc1)N1CCC(n2cc(C(=O)N3CCOCC3)nn2)CC1. The molecule has 176 valence electrons. The van der Waals surface area contributed by atoms with Gasteiger partial charge in [0.1, 0.15) is 5.82 Å². The van der Waals surface area contributed by atoms with E-state index in [1.54, 1.807) is 58.2 Å². The third-order valence-electron chi connectivity index (χ3n) is 6.47. The second kappa shape index (κ2) is 9.72. The molecule has 0 spiro atoms. The Balaban J connectivity index is 1.18. The summed E-state index contributed by atoms with van der Waals surface area (Å²) in [6, 6.07) is 13.7. The van der Waals surface area contributed by atoms with E-state index in [2.05, 4.69) is 10.3 Å². The molecule has 3 aromatic rings. The molecule has 1 aromatic heterocycles. The number of carbonyl (C=O) groups excluding carboxylic acids is 2. The fourth-order valence-electron chi connectivity index (χ4n) is 4.49. The minimum Gasteiger partial charge on any atom is -0.378 e. The van der Waals surface area contributed by atoms with Gasteiger partial charge in [0.15, 0.2) is 5.69 Å². The van der Waals surface area contributed by atoms with E-state index in [1.165, 1.54) is 6.07 Å². The van der Waals surface area contributed by atoms with Gasteiger partial charge in [0.2, 0.25) is 0 Å². The molecule has 9 heteroatoms. The highest BCUT2D eigenvalue weighted by atomic mass is 19.1. The Morgan fingerprint density at radius 3 is 2.26 bits per heavy atom. The van der Waals surface area contributed by atoms with Crippen molar-refractivity contribution in [3.05, 3.63) is 71.8 Å². The van der Waals surface area contributed by atoms with Crippen LogP contribution in [0.3, 0.4) is 0 Å². The van der Waals surface area contributed by atoms with Crippen molar-refractivity contribution >= 4 is 11.8 Å². The summed E-state index contributed by atoms with van der Waals surface area (Å²) in [6.07, 6.45) is 3.17. The van der Waals surface area contributed by atoms with Crippen LogP contribution in [-0.4, -0.2) is 76.0 Å². The fraction of sp³-hybridized carbons (Fsp3) is 0.360. The van der Waals surface area contributed by atoms with Gasteiger partial charge in [-0.25, -0.2) is 9.07 Å². The number of hydrogen-bond donors (Lipinski definition) is 0. The van der Waals surface area contributed by atoms with Gasteiger partial charge in [0, 0.05) is 37.3 Å². The molecular weight excluding hydrogens is 437 g/mol. The van der Waals surface area contributed by atoms with Gasteiger partial charge in [-0.1, -0.05) is 35.5 Å². The summed E-state index contributed by atoms with van der Waals surface area (Å²) in [5.74, 6) is -0.451. The Morgan fingerprint density at radius 2 is 1.56 bits per heavy atom. The number of benzene rings is 2. The summed E-state index contributed by atoms with van der Waals surface area (Å²) in [7, 11) is 0. The summed E-state index contributed by atoms with van der Waals surface area (Å²) in [6.45, 7) is 3.38. The molecule has 2 amide bonds. The first-order chi connectivity index (χ1) is 16.6. The molecule has 34 heavy (non-hydrogen) atoms. The smallest absolute Gasteiger partial charge is 0.276 e. The van der Waals surface area contributed by atoms with Crippen LogP contribution in [0.4, 0.5) is 4.39 Å². The second-order valence-electron chi connectivity index (χ2n) is 8.57. The van der Waals surface area contributed by atoms with E-state index >= 15 is 0 Å². The van der Waals surface area contributed by atoms with Crippen molar-refractivity contribution in [2.75, 3.05) is 39.4 Å². The molecule has 3 heterocycles.